The van der Waals surface area contributed by atoms with Gasteiger partial charge in [0.1, 0.15) is 6.54 Å². The Balaban J connectivity index is 2.33. The lowest BCUT2D eigenvalue weighted by Gasteiger charge is -2.03. The minimum absolute atomic E-state index is 0.0478. The molecule has 1 rings (SSSR count). The van der Waals surface area contributed by atoms with E-state index < -0.39 is 0 Å². The van der Waals surface area contributed by atoms with E-state index in [4.69, 9.17) is 28.5 Å². The lowest BCUT2D eigenvalue weighted by Crippen LogP contribution is -2.25. The van der Waals surface area contributed by atoms with Gasteiger partial charge in [-0.05, 0) is 17.7 Å². The Morgan fingerprint density at radius 1 is 1.41 bits per heavy atom. The SMILES string of the molecule is N#CCNC(=O)CSCc1ccc(Cl)c(Cl)c1. The summed E-state index contributed by atoms with van der Waals surface area (Å²) in [6, 6.07) is 7.23. The minimum atomic E-state index is -0.142. The van der Waals surface area contributed by atoms with Crippen molar-refractivity contribution in [3.63, 3.8) is 0 Å². The quantitative estimate of drug-likeness (QED) is 0.848. The van der Waals surface area contributed by atoms with Crippen LogP contribution >= 0.6 is 35.0 Å². The van der Waals surface area contributed by atoms with Crippen LogP contribution in [-0.2, 0) is 10.5 Å². The summed E-state index contributed by atoms with van der Waals surface area (Å²) >= 11 is 13.1. The van der Waals surface area contributed by atoms with Crippen molar-refractivity contribution in [3.8, 4) is 6.07 Å². The zero-order chi connectivity index (χ0) is 12.7. The summed E-state index contributed by atoms with van der Waals surface area (Å²) in [5, 5.41) is 11.8. The lowest BCUT2D eigenvalue weighted by molar-refractivity contribution is -0.118. The molecule has 0 saturated heterocycles. The number of thioether (sulfide) groups is 1. The molecule has 1 aromatic rings. The number of rotatable bonds is 5. The number of nitriles is 1. The van der Waals surface area contributed by atoms with E-state index in [-0.39, 0.29) is 12.5 Å². The van der Waals surface area contributed by atoms with E-state index in [1.54, 1.807) is 12.1 Å². The highest BCUT2D eigenvalue weighted by molar-refractivity contribution is 7.99. The summed E-state index contributed by atoms with van der Waals surface area (Å²) in [5.41, 5.74) is 1.01. The van der Waals surface area contributed by atoms with Gasteiger partial charge in [0, 0.05) is 5.75 Å². The van der Waals surface area contributed by atoms with Crippen molar-refractivity contribution in [2.24, 2.45) is 0 Å². The van der Waals surface area contributed by atoms with Gasteiger partial charge in [-0.25, -0.2) is 0 Å². The fourth-order valence-electron chi connectivity index (χ4n) is 1.08. The van der Waals surface area contributed by atoms with E-state index in [2.05, 4.69) is 5.32 Å². The predicted molar refractivity (Wildman–Crippen MR) is 71.2 cm³/mol. The third-order valence-electron chi connectivity index (χ3n) is 1.85. The van der Waals surface area contributed by atoms with Crippen molar-refractivity contribution < 1.29 is 4.79 Å². The topological polar surface area (TPSA) is 52.9 Å². The van der Waals surface area contributed by atoms with E-state index in [0.29, 0.717) is 21.6 Å². The van der Waals surface area contributed by atoms with Crippen LogP contribution in [0.4, 0.5) is 0 Å². The fraction of sp³-hybridized carbons (Fsp3) is 0.273. The van der Waals surface area contributed by atoms with Crippen LogP contribution in [0.15, 0.2) is 18.2 Å². The first-order valence-electron chi connectivity index (χ1n) is 4.79. The van der Waals surface area contributed by atoms with Crippen LogP contribution < -0.4 is 5.32 Å². The molecule has 0 aliphatic heterocycles. The van der Waals surface area contributed by atoms with Gasteiger partial charge in [0.05, 0.1) is 21.9 Å². The first-order valence-corrected chi connectivity index (χ1v) is 6.70. The summed E-state index contributed by atoms with van der Waals surface area (Å²) in [5.74, 6) is 0.857. The van der Waals surface area contributed by atoms with Gasteiger partial charge in [-0.3, -0.25) is 4.79 Å². The molecular weight excluding hydrogens is 279 g/mol. The number of carbonyl (C=O) groups is 1. The molecule has 1 aromatic carbocycles. The number of benzene rings is 1. The molecule has 17 heavy (non-hydrogen) atoms. The summed E-state index contributed by atoms with van der Waals surface area (Å²) in [6.45, 7) is 0.0478. The Bertz CT molecular complexity index is 446. The highest BCUT2D eigenvalue weighted by atomic mass is 35.5. The molecule has 0 bridgehead atoms. The van der Waals surface area contributed by atoms with Crippen LogP contribution in [0, 0.1) is 11.3 Å². The summed E-state index contributed by atoms with van der Waals surface area (Å²) in [6.07, 6.45) is 0. The van der Waals surface area contributed by atoms with Gasteiger partial charge < -0.3 is 5.32 Å². The van der Waals surface area contributed by atoms with Crippen LogP contribution in [0.5, 0.6) is 0 Å². The highest BCUT2D eigenvalue weighted by Gasteiger charge is 2.03. The largest absolute Gasteiger partial charge is 0.342 e. The second-order valence-corrected chi connectivity index (χ2v) is 4.98. The molecule has 3 nitrogen and oxygen atoms in total. The number of halogens is 2. The second kappa shape index (κ2) is 7.44. The Morgan fingerprint density at radius 2 is 2.18 bits per heavy atom. The molecule has 1 N–H and O–H groups in total. The number of carbonyl (C=O) groups excluding carboxylic acids is 1. The van der Waals surface area contributed by atoms with Gasteiger partial charge >= 0.3 is 0 Å². The molecule has 0 radical (unpaired) electrons. The van der Waals surface area contributed by atoms with Gasteiger partial charge in [-0.1, -0.05) is 29.3 Å². The zero-order valence-electron chi connectivity index (χ0n) is 8.87. The molecule has 0 aromatic heterocycles. The van der Waals surface area contributed by atoms with Crippen molar-refractivity contribution in [1.82, 2.24) is 5.32 Å². The Kier molecular flexibility index (Phi) is 6.20. The number of hydrogen-bond donors (Lipinski definition) is 1. The third-order valence-corrected chi connectivity index (χ3v) is 3.59. The Labute approximate surface area is 114 Å². The second-order valence-electron chi connectivity index (χ2n) is 3.18. The molecule has 0 unspecified atom stereocenters. The van der Waals surface area contributed by atoms with Crippen molar-refractivity contribution in [2.75, 3.05) is 12.3 Å². The standard InChI is InChI=1S/C11H10Cl2N2OS/c12-9-2-1-8(5-10(9)13)6-17-7-11(16)15-4-3-14/h1-2,5H,4,6-7H2,(H,15,16). The average Bonchev–Trinajstić information content (AvgIpc) is 2.31. The van der Waals surface area contributed by atoms with Crippen molar-refractivity contribution >= 4 is 40.9 Å². The number of nitrogens with zero attached hydrogens (tertiary/aromatic N) is 1. The van der Waals surface area contributed by atoms with Gasteiger partial charge in [0.25, 0.3) is 0 Å². The number of hydrogen-bond acceptors (Lipinski definition) is 3. The molecule has 0 atom stereocenters. The molecule has 1 amide bonds. The highest BCUT2D eigenvalue weighted by Crippen LogP contribution is 2.24. The Hall–Kier alpha value is -0.890. The number of nitrogens with one attached hydrogen (secondary N) is 1. The maximum Gasteiger partial charge on any atom is 0.230 e. The van der Waals surface area contributed by atoms with Gasteiger partial charge in [-0.2, -0.15) is 5.26 Å². The van der Waals surface area contributed by atoms with Gasteiger partial charge in [0.2, 0.25) is 5.91 Å². The summed E-state index contributed by atoms with van der Waals surface area (Å²) in [7, 11) is 0. The minimum Gasteiger partial charge on any atom is -0.342 e. The zero-order valence-corrected chi connectivity index (χ0v) is 11.2. The third kappa shape index (κ3) is 5.31. The maximum absolute atomic E-state index is 11.2. The van der Waals surface area contributed by atoms with E-state index in [1.807, 2.05) is 12.1 Å². The molecule has 6 heteroatoms. The smallest absolute Gasteiger partial charge is 0.230 e. The van der Waals surface area contributed by atoms with Crippen molar-refractivity contribution in [2.45, 2.75) is 5.75 Å². The first kappa shape index (κ1) is 14.2. The van der Waals surface area contributed by atoms with Crippen LogP contribution in [0.2, 0.25) is 10.0 Å². The summed E-state index contributed by atoms with van der Waals surface area (Å²) in [4.78, 5) is 11.2. The lowest BCUT2D eigenvalue weighted by atomic mass is 10.2. The Morgan fingerprint density at radius 3 is 2.82 bits per heavy atom. The van der Waals surface area contributed by atoms with Gasteiger partial charge in [-0.15, -0.1) is 11.8 Å². The normalized spacial score (nSPS) is 9.71. The molecule has 0 aliphatic rings. The number of amides is 1. The monoisotopic (exact) mass is 288 g/mol. The van der Waals surface area contributed by atoms with E-state index >= 15 is 0 Å². The predicted octanol–water partition coefficient (Wildman–Crippen LogP) is 2.87. The van der Waals surface area contributed by atoms with Crippen LogP contribution in [0.1, 0.15) is 5.56 Å². The molecule has 90 valence electrons. The van der Waals surface area contributed by atoms with Gasteiger partial charge in [0.15, 0.2) is 0 Å². The van der Waals surface area contributed by atoms with Crippen molar-refractivity contribution in [1.29, 1.82) is 5.26 Å². The summed E-state index contributed by atoms with van der Waals surface area (Å²) < 4.78 is 0. The van der Waals surface area contributed by atoms with Crippen LogP contribution in [0.3, 0.4) is 0 Å². The first-order chi connectivity index (χ1) is 8.13. The van der Waals surface area contributed by atoms with E-state index in [0.717, 1.165) is 5.56 Å². The molecule has 0 saturated carbocycles. The van der Waals surface area contributed by atoms with E-state index in [1.165, 1.54) is 11.8 Å². The molecular formula is C11H10Cl2N2OS. The molecule has 0 heterocycles. The molecule has 0 aliphatic carbocycles. The molecule has 0 fully saturated rings. The average molecular weight is 289 g/mol. The fourth-order valence-corrected chi connectivity index (χ4v) is 2.21. The maximum atomic E-state index is 11.2. The molecule has 0 spiro atoms. The van der Waals surface area contributed by atoms with Crippen molar-refractivity contribution in [3.05, 3.63) is 33.8 Å². The van der Waals surface area contributed by atoms with E-state index in [9.17, 15) is 4.79 Å². The van der Waals surface area contributed by atoms with Crippen LogP contribution in [0.25, 0.3) is 0 Å². The van der Waals surface area contributed by atoms with Crippen LogP contribution in [-0.4, -0.2) is 18.2 Å².